The average molecular weight is 310 g/mol. The molecule has 0 aliphatic heterocycles. The number of nitrogens with two attached hydrogens (primary N) is 1. The van der Waals surface area contributed by atoms with Crippen LogP contribution in [0.15, 0.2) is 24.3 Å². The Kier molecular flexibility index (Phi) is 4.57. The van der Waals surface area contributed by atoms with Gasteiger partial charge in [-0.1, -0.05) is 0 Å². The first-order chi connectivity index (χ1) is 9.86. The number of anilines is 1. The lowest BCUT2D eigenvalue weighted by atomic mass is 10.1. The molecule has 1 aromatic heterocycles. The van der Waals surface area contributed by atoms with Crippen LogP contribution in [0.5, 0.6) is 0 Å². The largest absolute Gasteiger partial charge is 0.396 e. The van der Waals surface area contributed by atoms with Crippen molar-refractivity contribution in [1.29, 1.82) is 0 Å². The molecule has 0 bridgehead atoms. The number of benzene rings is 1. The zero-order chi connectivity index (χ0) is 15.6. The van der Waals surface area contributed by atoms with Crippen molar-refractivity contribution in [3.8, 4) is 0 Å². The van der Waals surface area contributed by atoms with Crippen LogP contribution in [0.4, 0.5) is 14.5 Å². The molecule has 0 fully saturated rings. The summed E-state index contributed by atoms with van der Waals surface area (Å²) in [5.41, 5.74) is 4.58. The molecule has 1 aromatic carbocycles. The van der Waals surface area contributed by atoms with E-state index in [1.54, 1.807) is 11.3 Å². The zero-order valence-corrected chi connectivity index (χ0v) is 12.6. The van der Waals surface area contributed by atoms with E-state index in [0.717, 1.165) is 17.0 Å². The number of aryl methyl sites for hydroxylation is 1. The number of hydrogen-bond donors (Lipinski definition) is 2. The fourth-order valence-electron chi connectivity index (χ4n) is 2.02. The normalized spacial score (nSPS) is 12.2. The van der Waals surface area contributed by atoms with E-state index in [4.69, 9.17) is 5.73 Å². The monoisotopic (exact) mass is 310 g/mol. The van der Waals surface area contributed by atoms with Gasteiger partial charge in [-0.2, -0.15) is 0 Å². The van der Waals surface area contributed by atoms with Crippen LogP contribution in [0.2, 0.25) is 0 Å². The number of nitrogens with one attached hydrogen (secondary N) is 1. The van der Waals surface area contributed by atoms with Crippen molar-refractivity contribution in [2.24, 2.45) is 0 Å². The maximum Gasteiger partial charge on any atom is 0.254 e. The number of carbonyl (C=O) groups excluding carboxylic acids is 1. The van der Waals surface area contributed by atoms with Crippen molar-refractivity contribution >= 4 is 22.9 Å². The van der Waals surface area contributed by atoms with Gasteiger partial charge in [-0.25, -0.2) is 8.78 Å². The first-order valence-electron chi connectivity index (χ1n) is 6.47. The fraction of sp³-hybridized carbons (Fsp3) is 0.267. The number of amides is 1. The number of nitrogen functional groups attached to an aromatic ring is 1. The van der Waals surface area contributed by atoms with Crippen LogP contribution in [0.1, 0.15) is 27.0 Å². The molecule has 1 heterocycles. The Labute approximate surface area is 125 Å². The summed E-state index contributed by atoms with van der Waals surface area (Å²) in [5.74, 6) is -2.30. The summed E-state index contributed by atoms with van der Waals surface area (Å²) in [6.45, 7) is 3.82. The Bertz CT molecular complexity index is 670. The quantitative estimate of drug-likeness (QED) is 0.852. The van der Waals surface area contributed by atoms with E-state index >= 15 is 0 Å². The molecule has 0 radical (unpaired) electrons. The third kappa shape index (κ3) is 3.78. The van der Waals surface area contributed by atoms with Crippen molar-refractivity contribution in [1.82, 2.24) is 5.32 Å². The van der Waals surface area contributed by atoms with Gasteiger partial charge >= 0.3 is 0 Å². The molecule has 0 aliphatic rings. The van der Waals surface area contributed by atoms with Gasteiger partial charge in [0.1, 0.15) is 5.82 Å². The van der Waals surface area contributed by atoms with Crippen molar-refractivity contribution < 1.29 is 13.6 Å². The van der Waals surface area contributed by atoms with Crippen LogP contribution in [0.3, 0.4) is 0 Å². The summed E-state index contributed by atoms with van der Waals surface area (Å²) in [6, 6.07) is 5.50. The third-order valence-electron chi connectivity index (χ3n) is 2.99. The minimum atomic E-state index is -0.895. The van der Waals surface area contributed by atoms with Crippen molar-refractivity contribution in [3.63, 3.8) is 0 Å². The highest BCUT2D eigenvalue weighted by molar-refractivity contribution is 7.11. The second-order valence-electron chi connectivity index (χ2n) is 4.95. The van der Waals surface area contributed by atoms with Crippen LogP contribution in [-0.2, 0) is 6.42 Å². The van der Waals surface area contributed by atoms with E-state index in [9.17, 15) is 13.6 Å². The topological polar surface area (TPSA) is 55.1 Å². The van der Waals surface area contributed by atoms with Crippen LogP contribution >= 0.6 is 11.3 Å². The lowest BCUT2D eigenvalue weighted by Gasteiger charge is -2.14. The van der Waals surface area contributed by atoms with E-state index in [2.05, 4.69) is 5.32 Å². The van der Waals surface area contributed by atoms with Gasteiger partial charge in [-0.3, -0.25) is 4.79 Å². The first-order valence-corrected chi connectivity index (χ1v) is 7.29. The Morgan fingerprint density at radius 3 is 2.71 bits per heavy atom. The number of thiophene rings is 1. The van der Waals surface area contributed by atoms with Crippen molar-refractivity contribution in [2.75, 3.05) is 5.73 Å². The van der Waals surface area contributed by atoms with E-state index < -0.39 is 17.5 Å². The standard InChI is InChI=1S/C15H16F2N2OS/c1-8(5-11-4-3-9(2)21-11)19-15(20)12-6-10(16)7-13(18)14(12)17/h3-4,6-8H,5,18H2,1-2H3,(H,19,20). The van der Waals surface area contributed by atoms with Gasteiger partial charge < -0.3 is 11.1 Å². The fourth-order valence-corrected chi connectivity index (χ4v) is 3.04. The Morgan fingerprint density at radius 2 is 2.10 bits per heavy atom. The molecular formula is C15H16F2N2OS. The van der Waals surface area contributed by atoms with E-state index in [0.29, 0.717) is 6.42 Å². The van der Waals surface area contributed by atoms with Gasteiger partial charge in [-0.15, -0.1) is 11.3 Å². The molecular weight excluding hydrogens is 294 g/mol. The van der Waals surface area contributed by atoms with Crippen LogP contribution in [0.25, 0.3) is 0 Å². The molecule has 2 rings (SSSR count). The maximum atomic E-state index is 13.8. The molecule has 6 heteroatoms. The lowest BCUT2D eigenvalue weighted by molar-refractivity contribution is 0.0935. The SMILES string of the molecule is Cc1ccc(CC(C)NC(=O)c2cc(F)cc(N)c2F)s1. The smallest absolute Gasteiger partial charge is 0.254 e. The summed E-state index contributed by atoms with van der Waals surface area (Å²) < 4.78 is 27.0. The van der Waals surface area contributed by atoms with Crippen LogP contribution in [-0.4, -0.2) is 11.9 Å². The number of rotatable bonds is 4. The molecule has 0 aliphatic carbocycles. The molecule has 0 saturated heterocycles. The van der Waals surface area contributed by atoms with Gasteiger partial charge in [0.05, 0.1) is 11.3 Å². The van der Waals surface area contributed by atoms with Gasteiger partial charge in [0.15, 0.2) is 5.82 Å². The maximum absolute atomic E-state index is 13.8. The first kappa shape index (κ1) is 15.4. The third-order valence-corrected chi connectivity index (χ3v) is 4.01. The highest BCUT2D eigenvalue weighted by Crippen LogP contribution is 2.19. The Morgan fingerprint density at radius 1 is 1.38 bits per heavy atom. The molecule has 1 atom stereocenters. The minimum Gasteiger partial charge on any atom is -0.396 e. The predicted molar refractivity (Wildman–Crippen MR) is 80.5 cm³/mol. The predicted octanol–water partition coefficient (Wildman–Crippen LogP) is 3.28. The summed E-state index contributed by atoms with van der Waals surface area (Å²) >= 11 is 1.64. The van der Waals surface area contributed by atoms with Crippen molar-refractivity contribution in [2.45, 2.75) is 26.3 Å². The second-order valence-corrected chi connectivity index (χ2v) is 6.32. The highest BCUT2D eigenvalue weighted by atomic mass is 32.1. The van der Waals surface area contributed by atoms with E-state index in [-0.39, 0.29) is 17.3 Å². The van der Waals surface area contributed by atoms with Crippen molar-refractivity contribution in [3.05, 3.63) is 51.2 Å². The Hall–Kier alpha value is -1.95. The van der Waals surface area contributed by atoms with E-state index in [1.165, 1.54) is 4.88 Å². The highest BCUT2D eigenvalue weighted by Gasteiger charge is 2.18. The van der Waals surface area contributed by atoms with Gasteiger partial charge in [0, 0.05) is 22.2 Å². The minimum absolute atomic E-state index is 0.195. The molecule has 112 valence electrons. The number of carbonyl (C=O) groups is 1. The summed E-state index contributed by atoms with van der Waals surface area (Å²) in [6.07, 6.45) is 0.636. The molecule has 0 saturated carbocycles. The van der Waals surface area contributed by atoms with Gasteiger partial charge in [0.2, 0.25) is 0 Å². The molecule has 21 heavy (non-hydrogen) atoms. The molecule has 0 spiro atoms. The molecule has 2 aromatic rings. The number of hydrogen-bond acceptors (Lipinski definition) is 3. The van der Waals surface area contributed by atoms with E-state index in [1.807, 2.05) is 26.0 Å². The van der Waals surface area contributed by atoms with Gasteiger partial charge in [0.25, 0.3) is 5.91 Å². The molecule has 3 N–H and O–H groups in total. The molecule has 1 amide bonds. The average Bonchev–Trinajstić information content (AvgIpc) is 2.78. The number of halogens is 2. The second kappa shape index (κ2) is 6.22. The summed E-state index contributed by atoms with van der Waals surface area (Å²) in [4.78, 5) is 14.3. The van der Waals surface area contributed by atoms with Crippen LogP contribution in [0, 0.1) is 18.6 Å². The lowest BCUT2D eigenvalue weighted by Crippen LogP contribution is -2.34. The molecule has 1 unspecified atom stereocenters. The van der Waals surface area contributed by atoms with Gasteiger partial charge in [-0.05, 0) is 38.1 Å². The van der Waals surface area contributed by atoms with Crippen LogP contribution < -0.4 is 11.1 Å². The summed E-state index contributed by atoms with van der Waals surface area (Å²) in [7, 11) is 0. The Balaban J connectivity index is 2.07. The zero-order valence-electron chi connectivity index (χ0n) is 11.7. The summed E-state index contributed by atoms with van der Waals surface area (Å²) in [5, 5.41) is 2.65. The molecule has 3 nitrogen and oxygen atoms in total.